The van der Waals surface area contributed by atoms with E-state index in [9.17, 15) is 0 Å². The molecule has 0 saturated carbocycles. The molecule has 0 atom stereocenters. The molecular formula is C29H27N. The van der Waals surface area contributed by atoms with Gasteiger partial charge >= 0.3 is 0 Å². The molecule has 0 spiro atoms. The summed E-state index contributed by atoms with van der Waals surface area (Å²) in [4.78, 5) is 2.42. The van der Waals surface area contributed by atoms with Crippen LogP contribution in [0, 0.1) is 13.8 Å². The van der Waals surface area contributed by atoms with Crippen molar-refractivity contribution < 1.29 is 0 Å². The smallest absolute Gasteiger partial charge is 0.0502 e. The second kappa shape index (κ2) is 6.88. The van der Waals surface area contributed by atoms with Crippen LogP contribution in [-0.4, -0.2) is 0 Å². The first-order chi connectivity index (χ1) is 14.5. The summed E-state index contributed by atoms with van der Waals surface area (Å²) in [5.41, 5.74) is 11.7. The van der Waals surface area contributed by atoms with Gasteiger partial charge in [-0.2, -0.15) is 0 Å². The van der Waals surface area contributed by atoms with Crippen LogP contribution >= 0.6 is 0 Å². The molecule has 0 saturated heterocycles. The minimum Gasteiger partial charge on any atom is -0.310 e. The second-order valence-corrected chi connectivity index (χ2v) is 8.81. The molecule has 0 radical (unpaired) electrons. The Balaban J connectivity index is 1.70. The van der Waals surface area contributed by atoms with E-state index in [1.165, 1.54) is 50.4 Å². The number of para-hydroxylation sites is 2. The topological polar surface area (TPSA) is 3.24 Å². The van der Waals surface area contributed by atoms with Crippen LogP contribution < -0.4 is 4.90 Å². The van der Waals surface area contributed by atoms with Crippen LogP contribution in [0.15, 0.2) is 91.0 Å². The van der Waals surface area contributed by atoms with E-state index < -0.39 is 0 Å². The fourth-order valence-electron chi connectivity index (χ4n) is 4.91. The lowest BCUT2D eigenvalue weighted by atomic mass is 9.73. The molecule has 0 bridgehead atoms. The first kappa shape index (κ1) is 18.7. The van der Waals surface area contributed by atoms with Crippen molar-refractivity contribution in [1.29, 1.82) is 0 Å². The zero-order valence-corrected chi connectivity index (χ0v) is 18.1. The predicted octanol–water partition coefficient (Wildman–Crippen LogP) is 8.08. The third kappa shape index (κ3) is 2.77. The van der Waals surface area contributed by atoms with Gasteiger partial charge in [-0.05, 0) is 71.5 Å². The van der Waals surface area contributed by atoms with Crippen molar-refractivity contribution in [3.05, 3.63) is 113 Å². The van der Waals surface area contributed by atoms with Crippen molar-refractivity contribution in [2.75, 3.05) is 4.90 Å². The lowest BCUT2D eigenvalue weighted by Crippen LogP contribution is -2.30. The Kier molecular flexibility index (Phi) is 4.29. The van der Waals surface area contributed by atoms with Gasteiger partial charge in [0.1, 0.15) is 0 Å². The Morgan fingerprint density at radius 2 is 1.10 bits per heavy atom. The highest BCUT2D eigenvalue weighted by atomic mass is 15.2. The monoisotopic (exact) mass is 389 g/mol. The minimum absolute atomic E-state index is 0.0280. The summed E-state index contributed by atoms with van der Waals surface area (Å²) in [6.07, 6.45) is 0. The van der Waals surface area contributed by atoms with E-state index in [4.69, 9.17) is 0 Å². The lowest BCUT2D eigenvalue weighted by Gasteiger charge is -2.42. The van der Waals surface area contributed by atoms with Gasteiger partial charge in [0.2, 0.25) is 0 Å². The molecule has 1 heteroatoms. The number of hydrogen-bond donors (Lipinski definition) is 0. The molecule has 0 aliphatic carbocycles. The summed E-state index contributed by atoms with van der Waals surface area (Å²) >= 11 is 0. The Hall–Kier alpha value is -3.32. The molecule has 4 aromatic carbocycles. The fraction of sp³-hybridized carbons (Fsp3) is 0.172. The maximum atomic E-state index is 2.42. The SMILES string of the molecule is Cc1ccccc1-c1ccc(N2c3ccccc3C(C)(C)c3ccccc32)cc1C. The molecule has 30 heavy (non-hydrogen) atoms. The molecule has 4 aromatic rings. The van der Waals surface area contributed by atoms with Crippen LogP contribution in [0.5, 0.6) is 0 Å². The van der Waals surface area contributed by atoms with Gasteiger partial charge in [-0.3, -0.25) is 0 Å². The number of rotatable bonds is 2. The summed E-state index contributed by atoms with van der Waals surface area (Å²) in [6.45, 7) is 9.06. The van der Waals surface area contributed by atoms with Gasteiger partial charge in [-0.15, -0.1) is 0 Å². The highest BCUT2D eigenvalue weighted by molar-refractivity contribution is 5.87. The van der Waals surface area contributed by atoms with Gasteiger partial charge in [-0.1, -0.05) is 80.6 Å². The number of benzene rings is 4. The van der Waals surface area contributed by atoms with E-state index in [1.807, 2.05) is 0 Å². The van der Waals surface area contributed by atoms with Gasteiger partial charge in [0, 0.05) is 11.1 Å². The standard InChI is InChI=1S/C29H27N/c1-20-11-5-6-12-23(20)24-18-17-22(19-21(24)2)30-27-15-9-7-13-25(27)29(3,4)26-14-8-10-16-28(26)30/h5-19H,1-4H3. The van der Waals surface area contributed by atoms with E-state index in [1.54, 1.807) is 0 Å². The van der Waals surface area contributed by atoms with Crippen LogP contribution in [0.4, 0.5) is 17.1 Å². The van der Waals surface area contributed by atoms with E-state index >= 15 is 0 Å². The van der Waals surface area contributed by atoms with E-state index in [0.29, 0.717) is 0 Å². The third-order valence-electron chi connectivity index (χ3n) is 6.54. The molecule has 1 aliphatic rings. The van der Waals surface area contributed by atoms with Gasteiger partial charge in [0.25, 0.3) is 0 Å². The number of aryl methyl sites for hydroxylation is 2. The molecule has 5 rings (SSSR count). The Morgan fingerprint density at radius 3 is 1.70 bits per heavy atom. The molecule has 0 fully saturated rings. The van der Waals surface area contributed by atoms with Crippen LogP contribution in [0.3, 0.4) is 0 Å². The number of nitrogens with zero attached hydrogens (tertiary/aromatic N) is 1. The minimum atomic E-state index is -0.0280. The molecular weight excluding hydrogens is 362 g/mol. The first-order valence-corrected chi connectivity index (χ1v) is 10.6. The first-order valence-electron chi connectivity index (χ1n) is 10.6. The summed E-state index contributed by atoms with van der Waals surface area (Å²) in [5, 5.41) is 0. The quantitative estimate of drug-likeness (QED) is 0.335. The fourth-order valence-corrected chi connectivity index (χ4v) is 4.91. The zero-order chi connectivity index (χ0) is 20.9. The average Bonchev–Trinajstić information content (AvgIpc) is 2.75. The maximum absolute atomic E-state index is 2.42. The molecule has 0 aromatic heterocycles. The summed E-state index contributed by atoms with van der Waals surface area (Å²) in [6, 6.07) is 33.1. The van der Waals surface area contributed by atoms with Crippen LogP contribution in [0.2, 0.25) is 0 Å². The molecule has 1 aliphatic heterocycles. The highest BCUT2D eigenvalue weighted by Crippen LogP contribution is 2.51. The molecule has 0 unspecified atom stereocenters. The maximum Gasteiger partial charge on any atom is 0.0502 e. The van der Waals surface area contributed by atoms with Gasteiger partial charge in [-0.25, -0.2) is 0 Å². The molecule has 1 heterocycles. The van der Waals surface area contributed by atoms with Crippen molar-refractivity contribution in [3.63, 3.8) is 0 Å². The van der Waals surface area contributed by atoms with E-state index in [0.717, 1.165) is 0 Å². The van der Waals surface area contributed by atoms with E-state index in [-0.39, 0.29) is 5.41 Å². The second-order valence-electron chi connectivity index (χ2n) is 8.81. The molecule has 0 amide bonds. The van der Waals surface area contributed by atoms with Crippen molar-refractivity contribution in [2.45, 2.75) is 33.1 Å². The number of anilines is 3. The van der Waals surface area contributed by atoms with Crippen LogP contribution in [0.25, 0.3) is 11.1 Å². The molecule has 0 N–H and O–H groups in total. The summed E-state index contributed by atoms with van der Waals surface area (Å²) < 4.78 is 0. The van der Waals surface area contributed by atoms with Crippen LogP contribution in [0.1, 0.15) is 36.1 Å². The lowest BCUT2D eigenvalue weighted by molar-refractivity contribution is 0.632. The van der Waals surface area contributed by atoms with E-state index in [2.05, 4.69) is 124 Å². The summed E-state index contributed by atoms with van der Waals surface area (Å²) in [7, 11) is 0. The normalized spacial score (nSPS) is 14.2. The Labute approximate surface area is 179 Å². The summed E-state index contributed by atoms with van der Waals surface area (Å²) in [5.74, 6) is 0. The van der Waals surface area contributed by atoms with Gasteiger partial charge < -0.3 is 4.90 Å². The van der Waals surface area contributed by atoms with Crippen molar-refractivity contribution in [3.8, 4) is 11.1 Å². The largest absolute Gasteiger partial charge is 0.310 e. The van der Waals surface area contributed by atoms with Crippen molar-refractivity contribution in [2.24, 2.45) is 0 Å². The van der Waals surface area contributed by atoms with Crippen molar-refractivity contribution in [1.82, 2.24) is 0 Å². The van der Waals surface area contributed by atoms with Gasteiger partial charge in [0.05, 0.1) is 11.4 Å². The Bertz CT molecular complexity index is 1200. The number of hydrogen-bond acceptors (Lipinski definition) is 1. The average molecular weight is 390 g/mol. The molecule has 148 valence electrons. The zero-order valence-electron chi connectivity index (χ0n) is 18.1. The predicted molar refractivity (Wildman–Crippen MR) is 128 cm³/mol. The third-order valence-corrected chi connectivity index (χ3v) is 6.54. The molecule has 1 nitrogen and oxygen atoms in total. The number of fused-ring (bicyclic) bond motifs is 2. The van der Waals surface area contributed by atoms with Gasteiger partial charge in [0.15, 0.2) is 0 Å². The van der Waals surface area contributed by atoms with Crippen LogP contribution in [-0.2, 0) is 5.41 Å². The highest BCUT2D eigenvalue weighted by Gasteiger charge is 2.36. The van der Waals surface area contributed by atoms with Crippen molar-refractivity contribution >= 4 is 17.1 Å². The Morgan fingerprint density at radius 1 is 0.567 bits per heavy atom.